The molecule has 1 aliphatic rings. The Hall–Kier alpha value is -0.540. The number of hydrogen-bond acceptors (Lipinski definition) is 2. The molecular formula is C15H21BrO2. The highest BCUT2D eigenvalue weighted by Gasteiger charge is 2.19. The molecule has 1 atom stereocenters. The van der Waals surface area contributed by atoms with Gasteiger partial charge in [0.05, 0.1) is 6.10 Å². The molecule has 0 spiro atoms. The largest absolute Gasteiger partial charge is 0.491 e. The molecule has 1 aliphatic carbocycles. The maximum Gasteiger partial charge on any atom is 0.122 e. The highest BCUT2D eigenvalue weighted by Crippen LogP contribution is 2.29. The fourth-order valence-corrected chi connectivity index (χ4v) is 3.14. The average molecular weight is 313 g/mol. The predicted molar refractivity (Wildman–Crippen MR) is 77.0 cm³/mol. The number of aryl methyl sites for hydroxylation is 1. The van der Waals surface area contributed by atoms with Gasteiger partial charge in [-0.15, -0.1) is 0 Å². The standard InChI is InChI=1S/C15H21BrO2/c1-11-8-13(16)6-7-15(11)18-10-14(17)9-12-4-2-3-5-12/h6-8,12,14,17H,2-5,9-10H2,1H3. The van der Waals surface area contributed by atoms with Gasteiger partial charge in [-0.3, -0.25) is 0 Å². The quantitative estimate of drug-likeness (QED) is 0.887. The van der Waals surface area contributed by atoms with Crippen molar-refractivity contribution < 1.29 is 9.84 Å². The minimum Gasteiger partial charge on any atom is -0.491 e. The summed E-state index contributed by atoms with van der Waals surface area (Å²) in [4.78, 5) is 0. The van der Waals surface area contributed by atoms with E-state index in [0.29, 0.717) is 12.5 Å². The molecule has 1 aromatic carbocycles. The third kappa shape index (κ3) is 3.99. The third-order valence-electron chi connectivity index (χ3n) is 3.65. The van der Waals surface area contributed by atoms with Gasteiger partial charge in [0, 0.05) is 4.47 Å². The zero-order valence-corrected chi connectivity index (χ0v) is 12.4. The Morgan fingerprint density at radius 3 is 2.78 bits per heavy atom. The van der Waals surface area contributed by atoms with E-state index in [4.69, 9.17) is 4.74 Å². The fourth-order valence-electron chi connectivity index (χ4n) is 2.66. The fraction of sp³-hybridized carbons (Fsp3) is 0.600. The molecule has 1 unspecified atom stereocenters. The van der Waals surface area contributed by atoms with Crippen LogP contribution in [0.3, 0.4) is 0 Å². The predicted octanol–water partition coefficient (Wildman–Crippen LogP) is 4.08. The monoisotopic (exact) mass is 312 g/mol. The first-order valence-corrected chi connectivity index (χ1v) is 7.51. The number of aliphatic hydroxyl groups is 1. The van der Waals surface area contributed by atoms with E-state index >= 15 is 0 Å². The van der Waals surface area contributed by atoms with Crippen LogP contribution in [0.25, 0.3) is 0 Å². The molecule has 3 heteroatoms. The number of benzene rings is 1. The molecule has 100 valence electrons. The SMILES string of the molecule is Cc1cc(Br)ccc1OCC(O)CC1CCCC1. The maximum absolute atomic E-state index is 9.98. The molecule has 1 fully saturated rings. The minimum atomic E-state index is -0.337. The molecule has 1 N–H and O–H groups in total. The van der Waals surface area contributed by atoms with Gasteiger partial charge in [0.15, 0.2) is 0 Å². The summed E-state index contributed by atoms with van der Waals surface area (Å²) in [5.74, 6) is 1.57. The topological polar surface area (TPSA) is 29.5 Å². The van der Waals surface area contributed by atoms with Crippen LogP contribution in [-0.4, -0.2) is 17.8 Å². The smallest absolute Gasteiger partial charge is 0.122 e. The summed E-state index contributed by atoms with van der Waals surface area (Å²) in [6.07, 6.45) is 5.74. The van der Waals surface area contributed by atoms with Crippen molar-refractivity contribution in [2.45, 2.75) is 45.1 Å². The van der Waals surface area contributed by atoms with Gasteiger partial charge in [-0.2, -0.15) is 0 Å². The van der Waals surface area contributed by atoms with Crippen LogP contribution in [0.5, 0.6) is 5.75 Å². The van der Waals surface area contributed by atoms with Crippen molar-refractivity contribution in [3.8, 4) is 5.75 Å². The Morgan fingerprint density at radius 1 is 1.39 bits per heavy atom. The number of aliphatic hydroxyl groups excluding tert-OH is 1. The summed E-state index contributed by atoms with van der Waals surface area (Å²) >= 11 is 3.43. The van der Waals surface area contributed by atoms with Gasteiger partial charge in [0.1, 0.15) is 12.4 Å². The Morgan fingerprint density at radius 2 is 2.11 bits per heavy atom. The zero-order chi connectivity index (χ0) is 13.0. The second-order valence-corrected chi connectivity index (χ2v) is 6.18. The van der Waals surface area contributed by atoms with Crippen LogP contribution in [0.2, 0.25) is 0 Å². The number of halogens is 1. The lowest BCUT2D eigenvalue weighted by Crippen LogP contribution is -2.20. The Bertz CT molecular complexity index is 386. The van der Waals surface area contributed by atoms with Crippen molar-refractivity contribution in [1.82, 2.24) is 0 Å². The van der Waals surface area contributed by atoms with E-state index in [0.717, 1.165) is 22.2 Å². The van der Waals surface area contributed by atoms with E-state index < -0.39 is 0 Å². The van der Waals surface area contributed by atoms with Gasteiger partial charge in [-0.25, -0.2) is 0 Å². The summed E-state index contributed by atoms with van der Waals surface area (Å²) in [6.45, 7) is 2.42. The second-order valence-electron chi connectivity index (χ2n) is 5.26. The van der Waals surface area contributed by atoms with Crippen LogP contribution in [0.4, 0.5) is 0 Å². The normalized spacial score (nSPS) is 17.9. The van der Waals surface area contributed by atoms with Gasteiger partial charge in [0.2, 0.25) is 0 Å². The number of ether oxygens (including phenoxy) is 1. The van der Waals surface area contributed by atoms with Gasteiger partial charge in [-0.05, 0) is 43.0 Å². The van der Waals surface area contributed by atoms with Gasteiger partial charge in [-0.1, -0.05) is 41.6 Å². The first-order valence-electron chi connectivity index (χ1n) is 6.72. The van der Waals surface area contributed by atoms with Crippen LogP contribution in [-0.2, 0) is 0 Å². The van der Waals surface area contributed by atoms with Crippen LogP contribution < -0.4 is 4.74 Å². The second kappa shape index (κ2) is 6.58. The van der Waals surface area contributed by atoms with E-state index in [2.05, 4.69) is 15.9 Å². The summed E-state index contributed by atoms with van der Waals surface area (Å²) in [7, 11) is 0. The van der Waals surface area contributed by atoms with E-state index in [1.807, 2.05) is 25.1 Å². The number of rotatable bonds is 5. The van der Waals surface area contributed by atoms with Crippen molar-refractivity contribution in [3.63, 3.8) is 0 Å². The van der Waals surface area contributed by atoms with E-state index in [-0.39, 0.29) is 6.10 Å². The molecule has 2 rings (SSSR count). The van der Waals surface area contributed by atoms with Crippen LogP contribution >= 0.6 is 15.9 Å². The molecule has 2 nitrogen and oxygen atoms in total. The lowest BCUT2D eigenvalue weighted by molar-refractivity contribution is 0.0852. The first-order chi connectivity index (χ1) is 8.65. The molecule has 1 saturated carbocycles. The van der Waals surface area contributed by atoms with Crippen molar-refractivity contribution in [2.24, 2.45) is 5.92 Å². The Labute approximate surface area is 117 Å². The van der Waals surface area contributed by atoms with Gasteiger partial charge in [0.25, 0.3) is 0 Å². The molecule has 0 aromatic heterocycles. The summed E-state index contributed by atoms with van der Waals surface area (Å²) in [6, 6.07) is 5.94. The lowest BCUT2D eigenvalue weighted by Gasteiger charge is -2.17. The zero-order valence-electron chi connectivity index (χ0n) is 10.9. The molecule has 18 heavy (non-hydrogen) atoms. The first kappa shape index (κ1) is 13.9. The molecular weight excluding hydrogens is 292 g/mol. The molecule has 0 radical (unpaired) electrons. The molecule has 0 saturated heterocycles. The molecule has 1 aromatic rings. The molecule has 0 amide bonds. The van der Waals surface area contributed by atoms with Crippen LogP contribution in [0.15, 0.2) is 22.7 Å². The molecule has 0 bridgehead atoms. The van der Waals surface area contributed by atoms with Crippen LogP contribution in [0.1, 0.15) is 37.7 Å². The highest BCUT2D eigenvalue weighted by atomic mass is 79.9. The Balaban J connectivity index is 1.79. The maximum atomic E-state index is 9.98. The molecule has 0 heterocycles. The minimum absolute atomic E-state index is 0.337. The van der Waals surface area contributed by atoms with Crippen molar-refractivity contribution >= 4 is 15.9 Å². The van der Waals surface area contributed by atoms with Crippen molar-refractivity contribution in [2.75, 3.05) is 6.61 Å². The van der Waals surface area contributed by atoms with E-state index in [9.17, 15) is 5.11 Å². The highest BCUT2D eigenvalue weighted by molar-refractivity contribution is 9.10. The van der Waals surface area contributed by atoms with Gasteiger partial charge >= 0.3 is 0 Å². The van der Waals surface area contributed by atoms with Crippen molar-refractivity contribution in [3.05, 3.63) is 28.2 Å². The van der Waals surface area contributed by atoms with Crippen LogP contribution in [0, 0.1) is 12.8 Å². The average Bonchev–Trinajstić information content (AvgIpc) is 2.80. The summed E-state index contributed by atoms with van der Waals surface area (Å²) in [5, 5.41) is 9.98. The summed E-state index contributed by atoms with van der Waals surface area (Å²) < 4.78 is 6.75. The van der Waals surface area contributed by atoms with E-state index in [1.165, 1.54) is 25.7 Å². The van der Waals surface area contributed by atoms with Gasteiger partial charge < -0.3 is 9.84 Å². The Kier molecular flexibility index (Phi) is 5.07. The van der Waals surface area contributed by atoms with Crippen molar-refractivity contribution in [1.29, 1.82) is 0 Å². The molecule has 0 aliphatic heterocycles. The van der Waals surface area contributed by atoms with E-state index in [1.54, 1.807) is 0 Å². The third-order valence-corrected chi connectivity index (χ3v) is 4.14. The number of hydrogen-bond donors (Lipinski definition) is 1. The summed E-state index contributed by atoms with van der Waals surface area (Å²) in [5.41, 5.74) is 1.09. The lowest BCUT2D eigenvalue weighted by atomic mass is 10.0.